The zero-order valence-electron chi connectivity index (χ0n) is 8.97. The van der Waals surface area contributed by atoms with Crippen LogP contribution in [-0.2, 0) is 0 Å². The molecule has 0 radical (unpaired) electrons. The zero-order chi connectivity index (χ0) is 12.6. The van der Waals surface area contributed by atoms with Crippen LogP contribution >= 0.6 is 22.6 Å². The number of hydrogen-bond acceptors (Lipinski definition) is 4. The lowest BCUT2D eigenvalue weighted by Gasteiger charge is -2.13. The second-order valence-corrected chi connectivity index (χ2v) is 5.44. The van der Waals surface area contributed by atoms with E-state index in [0.717, 1.165) is 0 Å². The van der Waals surface area contributed by atoms with Crippen LogP contribution in [-0.4, -0.2) is 32.5 Å². The van der Waals surface area contributed by atoms with Gasteiger partial charge in [-0.3, -0.25) is 14.3 Å². The van der Waals surface area contributed by atoms with E-state index in [1.54, 1.807) is 0 Å². The van der Waals surface area contributed by atoms with Crippen LogP contribution in [0.4, 0.5) is 0 Å². The van der Waals surface area contributed by atoms with Crippen molar-refractivity contribution in [3.8, 4) is 0 Å². The van der Waals surface area contributed by atoms with Crippen molar-refractivity contribution in [1.82, 2.24) is 9.55 Å². The first-order valence-electron chi connectivity index (χ1n) is 5.32. The van der Waals surface area contributed by atoms with Gasteiger partial charge in [-0.2, -0.15) is 0 Å². The van der Waals surface area contributed by atoms with Crippen molar-refractivity contribution in [2.45, 2.75) is 25.0 Å². The summed E-state index contributed by atoms with van der Waals surface area (Å²) in [6.07, 6.45) is 1.87. The van der Waals surface area contributed by atoms with Gasteiger partial charge in [-0.15, -0.1) is 0 Å². The van der Waals surface area contributed by atoms with E-state index in [-0.39, 0.29) is 18.6 Å². The highest BCUT2D eigenvalue weighted by Gasteiger charge is 2.34. The molecule has 1 saturated carbocycles. The fraction of sp³-hybridized carbons (Fsp3) is 0.600. The number of aromatic amines is 1. The molecule has 0 spiro atoms. The summed E-state index contributed by atoms with van der Waals surface area (Å²) in [7, 11) is 0. The van der Waals surface area contributed by atoms with E-state index in [9.17, 15) is 14.7 Å². The minimum Gasteiger partial charge on any atom is -0.396 e. The van der Waals surface area contributed by atoms with Crippen molar-refractivity contribution in [2.75, 3.05) is 6.61 Å². The van der Waals surface area contributed by atoms with Gasteiger partial charge in [0.1, 0.15) is 0 Å². The van der Waals surface area contributed by atoms with E-state index in [0.29, 0.717) is 16.4 Å². The quantitative estimate of drug-likeness (QED) is 0.623. The molecule has 1 aromatic rings. The van der Waals surface area contributed by atoms with Gasteiger partial charge in [0, 0.05) is 24.8 Å². The molecule has 0 aliphatic heterocycles. The molecule has 6 nitrogen and oxygen atoms in total. The molecule has 3 N–H and O–H groups in total. The highest BCUT2D eigenvalue weighted by Crippen LogP contribution is 2.33. The van der Waals surface area contributed by atoms with Crippen LogP contribution < -0.4 is 11.2 Å². The average Bonchev–Trinajstić information content (AvgIpc) is 2.65. The first-order chi connectivity index (χ1) is 8.02. The molecule has 0 aromatic carbocycles. The van der Waals surface area contributed by atoms with E-state index in [2.05, 4.69) is 4.98 Å². The number of aliphatic hydroxyl groups excluding tert-OH is 2. The Kier molecular flexibility index (Phi) is 3.69. The minimum absolute atomic E-state index is 0.0904. The summed E-state index contributed by atoms with van der Waals surface area (Å²) in [6.45, 7) is -0.0904. The fourth-order valence-corrected chi connectivity index (χ4v) is 2.66. The number of halogens is 1. The molecule has 1 aromatic heterocycles. The van der Waals surface area contributed by atoms with Crippen LogP contribution in [0.15, 0.2) is 15.8 Å². The maximum atomic E-state index is 11.6. The number of aliphatic hydroxyl groups is 2. The topological polar surface area (TPSA) is 95.3 Å². The monoisotopic (exact) mass is 352 g/mol. The summed E-state index contributed by atoms with van der Waals surface area (Å²) in [4.78, 5) is 25.1. The molecule has 0 amide bonds. The van der Waals surface area contributed by atoms with Crippen molar-refractivity contribution in [2.24, 2.45) is 5.92 Å². The van der Waals surface area contributed by atoms with Gasteiger partial charge in [-0.25, -0.2) is 4.79 Å². The van der Waals surface area contributed by atoms with Gasteiger partial charge >= 0.3 is 5.69 Å². The van der Waals surface area contributed by atoms with E-state index < -0.39 is 17.4 Å². The predicted molar refractivity (Wildman–Crippen MR) is 68.9 cm³/mol. The maximum absolute atomic E-state index is 11.6. The molecule has 3 atom stereocenters. The lowest BCUT2D eigenvalue weighted by molar-refractivity contribution is 0.0906. The molecule has 17 heavy (non-hydrogen) atoms. The molecular weight excluding hydrogens is 339 g/mol. The Labute approximate surface area is 110 Å². The maximum Gasteiger partial charge on any atom is 0.328 e. The molecule has 1 heterocycles. The lowest BCUT2D eigenvalue weighted by atomic mass is 10.1. The van der Waals surface area contributed by atoms with Crippen LogP contribution in [0, 0.1) is 9.49 Å². The van der Waals surface area contributed by atoms with Crippen molar-refractivity contribution in [3.05, 3.63) is 30.6 Å². The molecule has 1 fully saturated rings. The summed E-state index contributed by atoms with van der Waals surface area (Å²) in [5, 5.41) is 18.7. The number of H-pyrrole nitrogens is 1. The number of nitrogens with one attached hydrogen (secondary N) is 1. The standard InChI is InChI=1S/C10H13IN2O4/c11-7-3-13(10(17)12-9(7)16)6-1-5(4-14)8(15)2-6/h3,5-6,8,14-15H,1-2,4H2,(H,12,16,17)/t5-,6-,8-/m0/s1. The Hall–Kier alpha value is -0.670. The third kappa shape index (κ3) is 2.45. The third-order valence-electron chi connectivity index (χ3n) is 3.18. The van der Waals surface area contributed by atoms with Crippen LogP contribution in [0.3, 0.4) is 0 Å². The molecule has 0 saturated heterocycles. The number of aromatic nitrogens is 2. The summed E-state index contributed by atoms with van der Waals surface area (Å²) < 4.78 is 1.87. The van der Waals surface area contributed by atoms with Crippen molar-refractivity contribution >= 4 is 22.6 Å². The summed E-state index contributed by atoms with van der Waals surface area (Å²) in [6, 6.07) is -0.167. The Bertz CT molecular complexity index is 524. The highest BCUT2D eigenvalue weighted by atomic mass is 127. The van der Waals surface area contributed by atoms with E-state index in [1.807, 2.05) is 22.6 Å². The summed E-state index contributed by atoms with van der Waals surface area (Å²) >= 11 is 1.86. The average molecular weight is 352 g/mol. The number of nitrogens with zero attached hydrogens (tertiary/aromatic N) is 1. The molecular formula is C10H13IN2O4. The number of hydrogen-bond donors (Lipinski definition) is 3. The Balaban J connectivity index is 2.34. The van der Waals surface area contributed by atoms with Gasteiger partial charge in [-0.05, 0) is 35.4 Å². The first-order valence-corrected chi connectivity index (χ1v) is 6.40. The summed E-state index contributed by atoms with van der Waals surface area (Å²) in [5.74, 6) is -0.198. The van der Waals surface area contributed by atoms with Gasteiger partial charge < -0.3 is 10.2 Å². The van der Waals surface area contributed by atoms with Crippen LogP contribution in [0.25, 0.3) is 0 Å². The van der Waals surface area contributed by atoms with Crippen LogP contribution in [0.1, 0.15) is 18.9 Å². The van der Waals surface area contributed by atoms with Crippen molar-refractivity contribution in [3.63, 3.8) is 0 Å². The Morgan fingerprint density at radius 2 is 2.18 bits per heavy atom. The first kappa shape index (κ1) is 12.8. The van der Waals surface area contributed by atoms with Crippen LogP contribution in [0.5, 0.6) is 0 Å². The SMILES string of the molecule is O=c1[nH]c(=O)n([C@H]2C[C@@H](CO)[C@@H](O)C2)cc1I. The van der Waals surface area contributed by atoms with Crippen LogP contribution in [0.2, 0.25) is 0 Å². The van der Waals surface area contributed by atoms with E-state index in [4.69, 9.17) is 5.11 Å². The molecule has 1 aliphatic carbocycles. The van der Waals surface area contributed by atoms with Crippen molar-refractivity contribution < 1.29 is 10.2 Å². The fourth-order valence-electron chi connectivity index (χ4n) is 2.23. The van der Waals surface area contributed by atoms with Gasteiger partial charge in [0.05, 0.1) is 9.67 Å². The van der Waals surface area contributed by atoms with Crippen molar-refractivity contribution in [1.29, 1.82) is 0 Å². The summed E-state index contributed by atoms with van der Waals surface area (Å²) in [5.41, 5.74) is -0.865. The highest BCUT2D eigenvalue weighted by molar-refractivity contribution is 14.1. The van der Waals surface area contributed by atoms with Gasteiger partial charge in [0.2, 0.25) is 0 Å². The van der Waals surface area contributed by atoms with Gasteiger partial charge in [0.15, 0.2) is 0 Å². The van der Waals surface area contributed by atoms with E-state index in [1.165, 1.54) is 10.8 Å². The second kappa shape index (κ2) is 4.91. The van der Waals surface area contributed by atoms with E-state index >= 15 is 0 Å². The van der Waals surface area contributed by atoms with Gasteiger partial charge in [0.25, 0.3) is 5.56 Å². The normalized spacial score (nSPS) is 28.5. The smallest absolute Gasteiger partial charge is 0.328 e. The lowest BCUT2D eigenvalue weighted by Crippen LogP contribution is -2.33. The predicted octanol–water partition coefficient (Wildman–Crippen LogP) is -0.554. The minimum atomic E-state index is -0.596. The Morgan fingerprint density at radius 1 is 1.47 bits per heavy atom. The molecule has 1 aliphatic rings. The molecule has 0 bridgehead atoms. The Morgan fingerprint density at radius 3 is 2.76 bits per heavy atom. The number of rotatable bonds is 2. The van der Waals surface area contributed by atoms with Gasteiger partial charge in [-0.1, -0.05) is 0 Å². The zero-order valence-corrected chi connectivity index (χ0v) is 11.1. The second-order valence-electron chi connectivity index (χ2n) is 4.28. The molecule has 94 valence electrons. The molecule has 2 rings (SSSR count). The third-order valence-corrected chi connectivity index (χ3v) is 3.95. The molecule has 7 heteroatoms. The molecule has 0 unspecified atom stereocenters. The largest absolute Gasteiger partial charge is 0.396 e.